The quantitative estimate of drug-likeness (QED) is 0.731. The van der Waals surface area contributed by atoms with Crippen LogP contribution in [0.1, 0.15) is 31.7 Å². The van der Waals surface area contributed by atoms with E-state index >= 15 is 0 Å². The Bertz CT molecular complexity index is 251. The van der Waals surface area contributed by atoms with Gasteiger partial charge in [-0.1, -0.05) is 37.4 Å². The molecule has 1 aromatic rings. The van der Waals surface area contributed by atoms with Gasteiger partial charge in [-0.05, 0) is 25.0 Å². The number of rotatable bonds is 4. The van der Waals surface area contributed by atoms with Gasteiger partial charge >= 0.3 is 0 Å². The number of benzene rings is 1. The van der Waals surface area contributed by atoms with Crippen LogP contribution in [0.15, 0.2) is 18.2 Å². The highest BCUT2D eigenvalue weighted by Crippen LogP contribution is 2.26. The van der Waals surface area contributed by atoms with Gasteiger partial charge in [0, 0.05) is 10.6 Å². The Balaban J connectivity index is 2.64. The van der Waals surface area contributed by atoms with Crippen molar-refractivity contribution in [3.63, 3.8) is 0 Å². The minimum atomic E-state index is 0.323. The fourth-order valence-electron chi connectivity index (χ4n) is 1.35. The third-order valence-corrected chi connectivity index (χ3v) is 2.48. The van der Waals surface area contributed by atoms with Crippen molar-refractivity contribution in [2.24, 2.45) is 0 Å². The zero-order valence-electron chi connectivity index (χ0n) is 7.89. The van der Waals surface area contributed by atoms with Crippen molar-refractivity contribution in [3.05, 3.63) is 28.8 Å². The van der Waals surface area contributed by atoms with E-state index in [0.29, 0.717) is 10.8 Å². The molecule has 72 valence electrons. The molecule has 1 aromatic carbocycles. The number of unbranched alkanes of at least 4 members (excludes halogenated alkanes) is 2. The largest absolute Gasteiger partial charge is 0.508 e. The second-order valence-electron chi connectivity index (χ2n) is 3.19. The van der Waals surface area contributed by atoms with E-state index in [2.05, 4.69) is 6.92 Å². The van der Waals surface area contributed by atoms with Crippen LogP contribution in [0.2, 0.25) is 5.02 Å². The molecule has 1 rings (SSSR count). The van der Waals surface area contributed by atoms with Crippen LogP contribution >= 0.6 is 11.6 Å². The summed E-state index contributed by atoms with van der Waals surface area (Å²) in [6.07, 6.45) is 4.34. The van der Waals surface area contributed by atoms with Crippen LogP contribution < -0.4 is 0 Å². The minimum Gasteiger partial charge on any atom is -0.508 e. The van der Waals surface area contributed by atoms with Crippen LogP contribution in [-0.4, -0.2) is 5.11 Å². The van der Waals surface area contributed by atoms with Crippen LogP contribution in [-0.2, 0) is 6.42 Å². The van der Waals surface area contributed by atoms with Crippen LogP contribution in [0.25, 0.3) is 0 Å². The Labute approximate surface area is 84.4 Å². The van der Waals surface area contributed by atoms with Crippen molar-refractivity contribution >= 4 is 11.6 Å². The number of halogens is 1. The van der Waals surface area contributed by atoms with Gasteiger partial charge in [0.15, 0.2) is 0 Å². The SMILES string of the molecule is CCCCCc1c(O)cccc1Cl. The molecule has 0 amide bonds. The highest BCUT2D eigenvalue weighted by molar-refractivity contribution is 6.31. The maximum atomic E-state index is 9.51. The molecule has 1 N–H and O–H groups in total. The molecular formula is C11H15ClO. The minimum absolute atomic E-state index is 0.323. The van der Waals surface area contributed by atoms with Gasteiger partial charge in [-0.15, -0.1) is 0 Å². The first-order valence-electron chi connectivity index (χ1n) is 4.72. The van der Waals surface area contributed by atoms with Crippen molar-refractivity contribution in [3.8, 4) is 5.75 Å². The lowest BCUT2D eigenvalue weighted by Crippen LogP contribution is -1.87. The van der Waals surface area contributed by atoms with Crippen molar-refractivity contribution in [1.82, 2.24) is 0 Å². The average molecular weight is 199 g/mol. The van der Waals surface area contributed by atoms with Crippen LogP contribution in [0.5, 0.6) is 5.75 Å². The van der Waals surface area contributed by atoms with E-state index in [1.807, 2.05) is 6.07 Å². The van der Waals surface area contributed by atoms with Crippen molar-refractivity contribution in [1.29, 1.82) is 0 Å². The summed E-state index contributed by atoms with van der Waals surface area (Å²) < 4.78 is 0. The third kappa shape index (κ3) is 2.92. The van der Waals surface area contributed by atoms with Crippen molar-refractivity contribution < 1.29 is 5.11 Å². The number of aromatic hydroxyl groups is 1. The van der Waals surface area contributed by atoms with Gasteiger partial charge in [0.1, 0.15) is 5.75 Å². The molecule has 0 aliphatic carbocycles. The number of phenolic OH excluding ortho intramolecular Hbond substituents is 1. The topological polar surface area (TPSA) is 20.2 Å². The molecule has 0 atom stereocenters. The average Bonchev–Trinajstić information content (AvgIpc) is 2.10. The normalized spacial score (nSPS) is 10.3. The zero-order chi connectivity index (χ0) is 9.68. The lowest BCUT2D eigenvalue weighted by atomic mass is 10.1. The molecule has 0 bridgehead atoms. The maximum Gasteiger partial charge on any atom is 0.120 e. The molecule has 13 heavy (non-hydrogen) atoms. The Morgan fingerprint density at radius 1 is 1.31 bits per heavy atom. The van der Waals surface area contributed by atoms with Crippen molar-refractivity contribution in [2.75, 3.05) is 0 Å². The van der Waals surface area contributed by atoms with E-state index in [0.717, 1.165) is 18.4 Å². The molecule has 0 radical (unpaired) electrons. The molecule has 1 nitrogen and oxygen atoms in total. The van der Waals surface area contributed by atoms with E-state index in [1.54, 1.807) is 12.1 Å². The molecule has 2 heteroatoms. The van der Waals surface area contributed by atoms with E-state index in [9.17, 15) is 5.11 Å². The van der Waals surface area contributed by atoms with Crippen LogP contribution in [0.3, 0.4) is 0 Å². The molecule has 0 spiro atoms. The number of phenols is 1. The van der Waals surface area contributed by atoms with Gasteiger partial charge in [-0.25, -0.2) is 0 Å². The van der Waals surface area contributed by atoms with Gasteiger partial charge in [0.25, 0.3) is 0 Å². The summed E-state index contributed by atoms with van der Waals surface area (Å²) >= 11 is 5.95. The highest BCUT2D eigenvalue weighted by atomic mass is 35.5. The predicted molar refractivity (Wildman–Crippen MR) is 56.3 cm³/mol. The fraction of sp³-hybridized carbons (Fsp3) is 0.455. The first-order valence-corrected chi connectivity index (χ1v) is 5.10. The molecule has 0 saturated heterocycles. The molecule has 0 aromatic heterocycles. The third-order valence-electron chi connectivity index (χ3n) is 2.12. The van der Waals surface area contributed by atoms with Gasteiger partial charge < -0.3 is 5.11 Å². The van der Waals surface area contributed by atoms with Gasteiger partial charge in [0.2, 0.25) is 0 Å². The van der Waals surface area contributed by atoms with E-state index < -0.39 is 0 Å². The lowest BCUT2D eigenvalue weighted by Gasteiger charge is -2.05. The van der Waals surface area contributed by atoms with E-state index in [1.165, 1.54) is 12.8 Å². The standard InChI is InChI=1S/C11H15ClO/c1-2-3-4-6-9-10(12)7-5-8-11(9)13/h5,7-8,13H,2-4,6H2,1H3. The summed E-state index contributed by atoms with van der Waals surface area (Å²) in [5.74, 6) is 0.323. The van der Waals surface area contributed by atoms with Gasteiger partial charge in [-0.2, -0.15) is 0 Å². The molecule has 0 fully saturated rings. The Morgan fingerprint density at radius 2 is 2.08 bits per heavy atom. The summed E-state index contributed by atoms with van der Waals surface area (Å²) in [6, 6.07) is 5.27. The Kier molecular flexibility index (Phi) is 4.10. The number of hydrogen-bond acceptors (Lipinski definition) is 1. The van der Waals surface area contributed by atoms with Crippen molar-refractivity contribution in [2.45, 2.75) is 32.6 Å². The molecule has 0 aliphatic rings. The first-order chi connectivity index (χ1) is 6.25. The summed E-state index contributed by atoms with van der Waals surface area (Å²) in [7, 11) is 0. The fourth-order valence-corrected chi connectivity index (χ4v) is 1.61. The molecule has 0 aliphatic heterocycles. The van der Waals surface area contributed by atoms with E-state index in [-0.39, 0.29) is 0 Å². The molecule has 0 unspecified atom stereocenters. The summed E-state index contributed by atoms with van der Waals surface area (Å²) in [4.78, 5) is 0. The zero-order valence-corrected chi connectivity index (χ0v) is 8.64. The summed E-state index contributed by atoms with van der Waals surface area (Å²) in [5.41, 5.74) is 0.887. The maximum absolute atomic E-state index is 9.51. The summed E-state index contributed by atoms with van der Waals surface area (Å²) in [5, 5.41) is 10.2. The molecule has 0 heterocycles. The second-order valence-corrected chi connectivity index (χ2v) is 3.60. The Morgan fingerprint density at radius 3 is 2.69 bits per heavy atom. The van der Waals surface area contributed by atoms with Gasteiger partial charge in [-0.3, -0.25) is 0 Å². The van der Waals surface area contributed by atoms with Crippen LogP contribution in [0.4, 0.5) is 0 Å². The lowest BCUT2D eigenvalue weighted by molar-refractivity contribution is 0.466. The molecule has 0 saturated carbocycles. The van der Waals surface area contributed by atoms with Gasteiger partial charge in [0.05, 0.1) is 0 Å². The highest BCUT2D eigenvalue weighted by Gasteiger charge is 2.04. The first kappa shape index (κ1) is 10.4. The molecular weight excluding hydrogens is 184 g/mol. The van der Waals surface area contributed by atoms with E-state index in [4.69, 9.17) is 11.6 Å². The second kappa shape index (κ2) is 5.13. The predicted octanol–water partition coefficient (Wildman–Crippen LogP) is 3.78. The Hall–Kier alpha value is -0.690. The smallest absolute Gasteiger partial charge is 0.120 e. The summed E-state index contributed by atoms with van der Waals surface area (Å²) in [6.45, 7) is 2.16. The number of hydrogen-bond donors (Lipinski definition) is 1. The van der Waals surface area contributed by atoms with Crippen LogP contribution in [0, 0.1) is 0 Å². The monoisotopic (exact) mass is 198 g/mol.